The van der Waals surface area contributed by atoms with Crippen LogP contribution in [0.15, 0.2) is 48.5 Å². The van der Waals surface area contributed by atoms with E-state index in [0.717, 1.165) is 24.2 Å². The molecular formula is C23H27ClN4O2. The molecule has 0 aliphatic carbocycles. The summed E-state index contributed by atoms with van der Waals surface area (Å²) in [6.07, 6.45) is 0.976. The zero-order chi connectivity index (χ0) is 21.3. The molecule has 2 N–H and O–H groups in total. The number of carbonyl (C=O) groups is 2. The Hall–Kier alpha value is -2.41. The van der Waals surface area contributed by atoms with Crippen LogP contribution in [0.1, 0.15) is 18.9 Å². The minimum Gasteiger partial charge on any atom is -0.326 e. The standard InChI is InChI=1S/C23H27ClN4O2/c1-3-11-27-13-18(22(29)25-16-10-9-15(2)20(24)12-16)21-19(14-27)23(30)28(26-21)17-7-5-4-6-8-17/h4-10,12,18-19,21,26H,3,11,13-14H2,1-2H3,(H,25,29). The molecule has 0 radical (unpaired) electrons. The first-order valence-electron chi connectivity index (χ1n) is 10.4. The Morgan fingerprint density at radius 2 is 1.97 bits per heavy atom. The van der Waals surface area contributed by atoms with Crippen LogP contribution in [0.2, 0.25) is 5.02 Å². The lowest BCUT2D eigenvalue weighted by Crippen LogP contribution is -2.56. The van der Waals surface area contributed by atoms with Gasteiger partial charge in [0.05, 0.1) is 23.6 Å². The van der Waals surface area contributed by atoms with E-state index in [1.165, 1.54) is 0 Å². The molecule has 3 atom stereocenters. The van der Waals surface area contributed by atoms with E-state index in [2.05, 4.69) is 22.6 Å². The second-order valence-electron chi connectivity index (χ2n) is 8.09. The van der Waals surface area contributed by atoms with Crippen molar-refractivity contribution in [2.24, 2.45) is 11.8 Å². The van der Waals surface area contributed by atoms with E-state index in [-0.39, 0.29) is 29.7 Å². The number of nitrogens with zero attached hydrogens (tertiary/aromatic N) is 2. The number of rotatable bonds is 5. The minimum absolute atomic E-state index is 0.0168. The van der Waals surface area contributed by atoms with Gasteiger partial charge in [0.1, 0.15) is 0 Å². The van der Waals surface area contributed by atoms with E-state index >= 15 is 0 Å². The quantitative estimate of drug-likeness (QED) is 0.768. The molecule has 2 aliphatic rings. The van der Waals surface area contributed by atoms with Crippen LogP contribution < -0.4 is 15.8 Å². The van der Waals surface area contributed by atoms with Gasteiger partial charge >= 0.3 is 0 Å². The van der Waals surface area contributed by atoms with Crippen molar-refractivity contribution in [2.75, 3.05) is 30.0 Å². The Balaban J connectivity index is 1.58. The highest BCUT2D eigenvalue weighted by Crippen LogP contribution is 2.32. The van der Waals surface area contributed by atoms with Gasteiger partial charge in [-0.25, -0.2) is 10.4 Å². The summed E-state index contributed by atoms with van der Waals surface area (Å²) >= 11 is 6.22. The lowest BCUT2D eigenvalue weighted by Gasteiger charge is -2.38. The van der Waals surface area contributed by atoms with Crippen molar-refractivity contribution in [1.82, 2.24) is 10.3 Å². The fraction of sp³-hybridized carbons (Fsp3) is 0.391. The van der Waals surface area contributed by atoms with Crippen LogP contribution in [0.3, 0.4) is 0 Å². The van der Waals surface area contributed by atoms with Crippen molar-refractivity contribution in [3.63, 3.8) is 0 Å². The number of nitrogens with one attached hydrogen (secondary N) is 2. The fourth-order valence-electron chi connectivity index (χ4n) is 4.36. The third-order valence-corrected chi connectivity index (χ3v) is 6.33. The predicted octanol–water partition coefficient (Wildman–Crippen LogP) is 3.46. The van der Waals surface area contributed by atoms with Crippen LogP contribution in [0.5, 0.6) is 0 Å². The second-order valence-corrected chi connectivity index (χ2v) is 8.50. The maximum atomic E-state index is 13.3. The molecule has 4 rings (SSSR count). The molecular weight excluding hydrogens is 400 g/mol. The molecule has 2 saturated heterocycles. The number of hydrazine groups is 1. The number of para-hydroxylation sites is 1. The average molecular weight is 427 g/mol. The zero-order valence-corrected chi connectivity index (χ0v) is 18.0. The van der Waals surface area contributed by atoms with Gasteiger partial charge in [-0.2, -0.15) is 0 Å². The molecule has 0 bridgehead atoms. The summed E-state index contributed by atoms with van der Waals surface area (Å²) < 4.78 is 0. The monoisotopic (exact) mass is 426 g/mol. The van der Waals surface area contributed by atoms with Gasteiger partial charge < -0.3 is 10.2 Å². The van der Waals surface area contributed by atoms with Gasteiger partial charge in [0.2, 0.25) is 11.8 Å². The van der Waals surface area contributed by atoms with Gasteiger partial charge in [0.15, 0.2) is 0 Å². The molecule has 0 aromatic heterocycles. The topological polar surface area (TPSA) is 64.7 Å². The molecule has 2 amide bonds. The van der Waals surface area contributed by atoms with Gasteiger partial charge in [0.25, 0.3) is 0 Å². The highest BCUT2D eigenvalue weighted by Gasteiger charge is 2.50. The van der Waals surface area contributed by atoms with Crippen LogP contribution in [-0.2, 0) is 9.59 Å². The minimum atomic E-state index is -0.354. The Morgan fingerprint density at radius 1 is 1.20 bits per heavy atom. The maximum Gasteiger partial charge on any atom is 0.247 e. The molecule has 3 unspecified atom stereocenters. The van der Waals surface area contributed by atoms with Crippen molar-refractivity contribution in [3.05, 3.63) is 59.1 Å². The molecule has 30 heavy (non-hydrogen) atoms. The van der Waals surface area contributed by atoms with Crippen molar-refractivity contribution in [3.8, 4) is 0 Å². The van der Waals surface area contributed by atoms with Gasteiger partial charge in [-0.05, 0) is 49.7 Å². The second kappa shape index (κ2) is 8.76. The van der Waals surface area contributed by atoms with Crippen LogP contribution >= 0.6 is 11.6 Å². The largest absolute Gasteiger partial charge is 0.326 e. The number of hydrogen-bond donors (Lipinski definition) is 2. The fourth-order valence-corrected chi connectivity index (χ4v) is 4.54. The van der Waals surface area contributed by atoms with E-state index in [9.17, 15) is 9.59 Å². The third kappa shape index (κ3) is 4.08. The predicted molar refractivity (Wildman–Crippen MR) is 119 cm³/mol. The molecule has 2 fully saturated rings. The van der Waals surface area contributed by atoms with Gasteiger partial charge in [-0.15, -0.1) is 0 Å². The van der Waals surface area contributed by atoms with Crippen LogP contribution in [-0.4, -0.2) is 42.4 Å². The lowest BCUT2D eigenvalue weighted by molar-refractivity contribution is -0.126. The summed E-state index contributed by atoms with van der Waals surface area (Å²) in [5.74, 6) is -0.694. The summed E-state index contributed by atoms with van der Waals surface area (Å²) in [7, 11) is 0. The van der Waals surface area contributed by atoms with Crippen LogP contribution in [0.25, 0.3) is 0 Å². The number of halogens is 1. The number of anilines is 2. The highest BCUT2D eigenvalue weighted by atomic mass is 35.5. The molecule has 7 heteroatoms. The van der Waals surface area contributed by atoms with Crippen LogP contribution in [0, 0.1) is 18.8 Å². The number of fused-ring (bicyclic) bond motifs is 1. The van der Waals surface area contributed by atoms with E-state index in [4.69, 9.17) is 11.6 Å². The first-order valence-corrected chi connectivity index (χ1v) is 10.8. The number of likely N-dealkylation sites (tertiary alicyclic amines) is 1. The molecule has 0 saturated carbocycles. The van der Waals surface area contributed by atoms with Crippen molar-refractivity contribution < 1.29 is 9.59 Å². The summed E-state index contributed by atoms with van der Waals surface area (Å²) in [5.41, 5.74) is 5.76. The molecule has 6 nitrogen and oxygen atoms in total. The van der Waals surface area contributed by atoms with E-state index in [0.29, 0.717) is 23.8 Å². The molecule has 2 aromatic carbocycles. The van der Waals surface area contributed by atoms with Crippen molar-refractivity contribution in [2.45, 2.75) is 26.3 Å². The average Bonchev–Trinajstić information content (AvgIpc) is 3.08. The smallest absolute Gasteiger partial charge is 0.247 e. The number of benzene rings is 2. The summed E-state index contributed by atoms with van der Waals surface area (Å²) in [6.45, 7) is 6.17. The summed E-state index contributed by atoms with van der Waals surface area (Å²) in [4.78, 5) is 28.7. The zero-order valence-electron chi connectivity index (χ0n) is 17.3. The Labute approximate surface area is 182 Å². The van der Waals surface area contributed by atoms with Gasteiger partial charge in [0, 0.05) is 23.8 Å². The number of hydrogen-bond acceptors (Lipinski definition) is 4. The number of aryl methyl sites for hydroxylation is 1. The lowest BCUT2D eigenvalue weighted by atomic mass is 9.84. The van der Waals surface area contributed by atoms with Crippen LogP contribution in [0.4, 0.5) is 11.4 Å². The van der Waals surface area contributed by atoms with E-state index in [1.54, 1.807) is 11.1 Å². The molecule has 158 valence electrons. The first kappa shape index (κ1) is 20.8. The van der Waals surface area contributed by atoms with Gasteiger partial charge in [-0.3, -0.25) is 9.59 Å². The summed E-state index contributed by atoms with van der Waals surface area (Å²) in [6, 6.07) is 14.8. The van der Waals surface area contributed by atoms with Crippen molar-refractivity contribution in [1.29, 1.82) is 0 Å². The molecule has 2 aliphatic heterocycles. The van der Waals surface area contributed by atoms with E-state index in [1.807, 2.05) is 49.4 Å². The Kier molecular flexibility index (Phi) is 6.09. The Morgan fingerprint density at radius 3 is 2.67 bits per heavy atom. The van der Waals surface area contributed by atoms with Crippen molar-refractivity contribution >= 4 is 34.8 Å². The maximum absolute atomic E-state index is 13.3. The normalized spacial score (nSPS) is 24.0. The number of amides is 2. The van der Waals surface area contributed by atoms with E-state index < -0.39 is 0 Å². The highest BCUT2D eigenvalue weighted by molar-refractivity contribution is 6.31. The molecule has 2 heterocycles. The third-order valence-electron chi connectivity index (χ3n) is 5.92. The van der Waals surface area contributed by atoms with Gasteiger partial charge in [-0.1, -0.05) is 42.8 Å². The summed E-state index contributed by atoms with van der Waals surface area (Å²) in [5, 5.41) is 5.23. The SMILES string of the molecule is CCCN1CC(C(=O)Nc2ccc(C)c(Cl)c2)C2NN(c3ccccc3)C(=O)C2C1. The Bertz CT molecular complexity index is 936. The number of carbonyl (C=O) groups excluding carboxylic acids is 2. The molecule has 2 aromatic rings. The molecule has 0 spiro atoms. The first-order chi connectivity index (χ1) is 14.5. The number of piperidine rings is 1.